The smallest absolute Gasteiger partial charge is 0.123 e. The van der Waals surface area contributed by atoms with Crippen molar-refractivity contribution in [3.63, 3.8) is 0 Å². The fourth-order valence-corrected chi connectivity index (χ4v) is 3.68. The van der Waals surface area contributed by atoms with Crippen molar-refractivity contribution in [3.8, 4) is 11.3 Å². The Bertz CT molecular complexity index is 827. The summed E-state index contributed by atoms with van der Waals surface area (Å²) < 4.78 is 13.9. The Hall–Kier alpha value is -1.49. The molecule has 3 aromatic rings. The molecule has 0 atom stereocenters. The molecule has 0 saturated heterocycles. The van der Waals surface area contributed by atoms with Gasteiger partial charge in [0.2, 0.25) is 0 Å². The summed E-state index contributed by atoms with van der Waals surface area (Å²) in [5, 5.41) is 1.55. The molecule has 110 valence electrons. The van der Waals surface area contributed by atoms with Crippen molar-refractivity contribution in [1.29, 1.82) is 0 Å². The Morgan fingerprint density at radius 3 is 2.50 bits per heavy atom. The van der Waals surface area contributed by atoms with Crippen LogP contribution in [0.25, 0.3) is 23.4 Å². The van der Waals surface area contributed by atoms with Crippen LogP contribution in [0.5, 0.6) is 0 Å². The van der Waals surface area contributed by atoms with Crippen LogP contribution in [0, 0.1) is 5.82 Å². The normalized spacial score (nSPS) is 11.2. The predicted molar refractivity (Wildman–Crippen MR) is 95.6 cm³/mol. The zero-order valence-electron chi connectivity index (χ0n) is 11.3. The van der Waals surface area contributed by atoms with Crippen molar-refractivity contribution < 1.29 is 4.39 Å². The Morgan fingerprint density at radius 2 is 1.77 bits per heavy atom. The highest BCUT2D eigenvalue weighted by Crippen LogP contribution is 2.34. The summed E-state index contributed by atoms with van der Waals surface area (Å²) in [6.07, 6.45) is 3.85. The Balaban J connectivity index is 1.89. The molecular weight excluding hydrogens is 385 g/mol. The summed E-state index contributed by atoms with van der Waals surface area (Å²) in [7, 11) is 0. The summed E-state index contributed by atoms with van der Waals surface area (Å²) >= 11 is 11.2. The first-order valence-corrected chi connectivity index (χ1v) is 8.47. The summed E-state index contributed by atoms with van der Waals surface area (Å²) in [5.74, 6) is -0.256. The molecule has 22 heavy (non-hydrogen) atoms. The molecule has 1 nitrogen and oxygen atoms in total. The molecule has 0 unspecified atom stereocenters. The maximum atomic E-state index is 13.0. The van der Waals surface area contributed by atoms with E-state index in [1.807, 2.05) is 36.4 Å². The van der Waals surface area contributed by atoms with Crippen LogP contribution in [0.3, 0.4) is 0 Å². The number of hydrogen-bond acceptors (Lipinski definition) is 2. The minimum Gasteiger partial charge on any atom is -0.235 e. The first kappa shape index (κ1) is 15.4. The van der Waals surface area contributed by atoms with Crippen molar-refractivity contribution in [2.45, 2.75) is 0 Å². The quantitative estimate of drug-likeness (QED) is 0.492. The highest BCUT2D eigenvalue weighted by atomic mass is 79.9. The van der Waals surface area contributed by atoms with Gasteiger partial charge in [-0.2, -0.15) is 0 Å². The van der Waals surface area contributed by atoms with Gasteiger partial charge in [0.25, 0.3) is 0 Å². The second-order valence-corrected chi connectivity index (χ2v) is 7.29. The molecule has 1 heterocycles. The molecular formula is C17H10BrClFNS. The van der Waals surface area contributed by atoms with Gasteiger partial charge in [0.15, 0.2) is 0 Å². The molecule has 0 aliphatic carbocycles. The number of rotatable bonds is 3. The minimum absolute atomic E-state index is 0.256. The molecule has 0 aliphatic heterocycles. The first-order chi connectivity index (χ1) is 10.6. The third kappa shape index (κ3) is 3.46. The van der Waals surface area contributed by atoms with E-state index in [0.717, 1.165) is 25.6 Å². The second kappa shape index (κ2) is 6.73. The number of nitrogens with zero attached hydrogens (tertiary/aromatic N) is 1. The van der Waals surface area contributed by atoms with Crippen LogP contribution in [0.4, 0.5) is 4.39 Å². The van der Waals surface area contributed by atoms with Gasteiger partial charge < -0.3 is 0 Å². The third-order valence-corrected chi connectivity index (χ3v) is 5.05. The highest BCUT2D eigenvalue weighted by Gasteiger charge is 2.09. The topological polar surface area (TPSA) is 12.9 Å². The average Bonchev–Trinajstić information content (AvgIpc) is 2.88. The Morgan fingerprint density at radius 1 is 1.05 bits per heavy atom. The number of thiazole rings is 1. The molecule has 3 rings (SSSR count). The van der Waals surface area contributed by atoms with Crippen LogP contribution >= 0.6 is 38.9 Å². The van der Waals surface area contributed by atoms with Gasteiger partial charge in [-0.1, -0.05) is 35.9 Å². The fourth-order valence-electron chi connectivity index (χ4n) is 1.95. The zero-order chi connectivity index (χ0) is 15.5. The van der Waals surface area contributed by atoms with Gasteiger partial charge in [0.05, 0.1) is 9.48 Å². The van der Waals surface area contributed by atoms with Crippen LogP contribution < -0.4 is 0 Å². The summed E-state index contributed by atoms with van der Waals surface area (Å²) in [5.41, 5.74) is 2.63. The van der Waals surface area contributed by atoms with Crippen molar-refractivity contribution in [1.82, 2.24) is 4.98 Å². The van der Waals surface area contributed by atoms with E-state index in [1.54, 1.807) is 12.1 Å². The lowest BCUT2D eigenvalue weighted by Crippen LogP contribution is -1.80. The minimum atomic E-state index is -0.256. The maximum Gasteiger partial charge on any atom is 0.123 e. The van der Waals surface area contributed by atoms with E-state index < -0.39 is 0 Å². The van der Waals surface area contributed by atoms with Crippen molar-refractivity contribution >= 4 is 51.0 Å². The van der Waals surface area contributed by atoms with Crippen molar-refractivity contribution in [2.24, 2.45) is 0 Å². The van der Waals surface area contributed by atoms with E-state index in [4.69, 9.17) is 11.6 Å². The standard InChI is InChI=1S/C17H10BrClFNS/c18-17-16(12-5-8-13(20)9-6-12)21-15(22-17)10-7-11-3-1-2-4-14(11)19/h1-10H/b10-7+. The molecule has 0 saturated carbocycles. The lowest BCUT2D eigenvalue weighted by molar-refractivity contribution is 0.628. The van der Waals surface area contributed by atoms with E-state index in [0.29, 0.717) is 5.02 Å². The lowest BCUT2D eigenvalue weighted by atomic mass is 10.2. The molecule has 2 aromatic carbocycles. The van der Waals surface area contributed by atoms with Gasteiger partial charge >= 0.3 is 0 Å². The fraction of sp³-hybridized carbons (Fsp3) is 0. The number of aromatic nitrogens is 1. The van der Waals surface area contributed by atoms with Crippen molar-refractivity contribution in [2.75, 3.05) is 0 Å². The van der Waals surface area contributed by atoms with Gasteiger partial charge in [-0.15, -0.1) is 11.3 Å². The predicted octanol–water partition coefficient (Wildman–Crippen LogP) is 6.54. The van der Waals surface area contributed by atoms with Gasteiger partial charge in [-0.05, 0) is 57.9 Å². The van der Waals surface area contributed by atoms with Crippen LogP contribution in [-0.2, 0) is 0 Å². The van der Waals surface area contributed by atoms with Crippen LogP contribution in [-0.4, -0.2) is 4.98 Å². The third-order valence-electron chi connectivity index (χ3n) is 3.03. The molecule has 0 N–H and O–H groups in total. The van der Waals surface area contributed by atoms with Crippen molar-refractivity contribution in [3.05, 3.63) is 73.7 Å². The van der Waals surface area contributed by atoms with Gasteiger partial charge in [0, 0.05) is 10.6 Å². The maximum absolute atomic E-state index is 13.0. The number of halogens is 3. The van der Waals surface area contributed by atoms with E-state index in [2.05, 4.69) is 20.9 Å². The number of benzene rings is 2. The summed E-state index contributed by atoms with van der Waals surface area (Å²) in [4.78, 5) is 4.57. The van der Waals surface area contributed by atoms with E-state index in [1.165, 1.54) is 23.5 Å². The SMILES string of the molecule is Fc1ccc(-c2nc(/C=C/c3ccccc3Cl)sc2Br)cc1. The Labute approximate surface area is 145 Å². The summed E-state index contributed by atoms with van der Waals surface area (Å²) in [6, 6.07) is 13.9. The van der Waals surface area contributed by atoms with Gasteiger partial charge in [-0.3, -0.25) is 0 Å². The van der Waals surface area contributed by atoms with Gasteiger partial charge in [0.1, 0.15) is 10.8 Å². The molecule has 0 amide bonds. The van der Waals surface area contributed by atoms with E-state index in [9.17, 15) is 4.39 Å². The first-order valence-electron chi connectivity index (χ1n) is 6.48. The lowest BCUT2D eigenvalue weighted by Gasteiger charge is -1.97. The molecule has 0 aliphatic rings. The van der Waals surface area contributed by atoms with E-state index >= 15 is 0 Å². The molecule has 0 radical (unpaired) electrons. The number of hydrogen-bond donors (Lipinski definition) is 0. The average molecular weight is 395 g/mol. The highest BCUT2D eigenvalue weighted by molar-refractivity contribution is 9.11. The van der Waals surface area contributed by atoms with Crippen LogP contribution in [0.15, 0.2) is 52.3 Å². The van der Waals surface area contributed by atoms with E-state index in [-0.39, 0.29) is 5.82 Å². The zero-order valence-corrected chi connectivity index (χ0v) is 14.4. The molecule has 0 bridgehead atoms. The second-order valence-electron chi connectivity index (χ2n) is 4.54. The largest absolute Gasteiger partial charge is 0.235 e. The molecule has 1 aromatic heterocycles. The molecule has 5 heteroatoms. The monoisotopic (exact) mass is 393 g/mol. The summed E-state index contributed by atoms with van der Waals surface area (Å²) in [6.45, 7) is 0. The van der Waals surface area contributed by atoms with Crippen LogP contribution in [0.2, 0.25) is 5.02 Å². The van der Waals surface area contributed by atoms with Crippen LogP contribution in [0.1, 0.15) is 10.6 Å². The Kier molecular flexibility index (Phi) is 4.71. The molecule has 0 fully saturated rings. The van der Waals surface area contributed by atoms with Gasteiger partial charge in [-0.25, -0.2) is 9.37 Å². The molecule has 0 spiro atoms.